The fraction of sp³-hybridized carbons (Fsp3) is 0.857. The van der Waals surface area contributed by atoms with Crippen molar-refractivity contribution in [2.24, 2.45) is 0 Å². The van der Waals surface area contributed by atoms with Gasteiger partial charge in [0.1, 0.15) is 11.1 Å². The number of carbonyl (C=O) groups is 2. The molecule has 110 valence electrons. The molecule has 0 aromatic carbocycles. The van der Waals surface area contributed by atoms with E-state index in [1.165, 1.54) is 7.11 Å². The zero-order chi connectivity index (χ0) is 14.5. The highest BCUT2D eigenvalue weighted by atomic mass is 16.6. The second-order valence-electron chi connectivity index (χ2n) is 6.07. The Bertz CT molecular complexity index is 327. The molecule has 1 rings (SSSR count). The van der Waals surface area contributed by atoms with E-state index in [0.29, 0.717) is 12.8 Å². The van der Waals surface area contributed by atoms with Crippen LogP contribution >= 0.6 is 0 Å². The molecule has 0 radical (unpaired) electrons. The number of rotatable bonds is 4. The number of hydrogen-bond acceptors (Lipinski definition) is 5. The lowest BCUT2D eigenvalue weighted by atomic mass is 9.81. The van der Waals surface area contributed by atoms with E-state index in [1.807, 2.05) is 20.8 Å². The van der Waals surface area contributed by atoms with Gasteiger partial charge >= 0.3 is 11.9 Å². The molecular weight excluding hydrogens is 246 g/mol. The Morgan fingerprint density at radius 2 is 1.74 bits per heavy atom. The van der Waals surface area contributed by atoms with Crippen LogP contribution in [0.2, 0.25) is 0 Å². The monoisotopic (exact) mass is 271 g/mol. The van der Waals surface area contributed by atoms with E-state index in [4.69, 9.17) is 9.47 Å². The average Bonchev–Trinajstić information content (AvgIpc) is 2.34. The van der Waals surface area contributed by atoms with Gasteiger partial charge in [0.25, 0.3) is 0 Å². The summed E-state index contributed by atoms with van der Waals surface area (Å²) in [5.74, 6) is -0.628. The molecule has 0 aromatic heterocycles. The highest BCUT2D eigenvalue weighted by molar-refractivity contribution is 5.82. The first kappa shape index (κ1) is 16.0. The highest BCUT2D eigenvalue weighted by Gasteiger charge is 2.40. The third-order valence-corrected chi connectivity index (χ3v) is 3.27. The first-order valence-corrected chi connectivity index (χ1v) is 6.84. The van der Waals surface area contributed by atoms with Gasteiger partial charge in [0.05, 0.1) is 13.7 Å². The molecule has 1 fully saturated rings. The number of carbonyl (C=O) groups excluding carboxylic acids is 2. The van der Waals surface area contributed by atoms with Crippen molar-refractivity contribution in [3.05, 3.63) is 0 Å². The molecule has 0 saturated heterocycles. The minimum Gasteiger partial charge on any atom is -0.468 e. The Morgan fingerprint density at radius 1 is 1.16 bits per heavy atom. The number of esters is 2. The van der Waals surface area contributed by atoms with E-state index in [-0.39, 0.29) is 18.5 Å². The quantitative estimate of drug-likeness (QED) is 0.790. The van der Waals surface area contributed by atoms with E-state index in [1.54, 1.807) is 0 Å². The smallest absolute Gasteiger partial charge is 0.326 e. The lowest BCUT2D eigenvalue weighted by Gasteiger charge is -2.35. The second kappa shape index (κ2) is 6.37. The third kappa shape index (κ3) is 4.82. The van der Waals surface area contributed by atoms with E-state index in [0.717, 1.165) is 19.3 Å². The van der Waals surface area contributed by atoms with Gasteiger partial charge in [-0.2, -0.15) is 0 Å². The number of methoxy groups -OCH3 is 1. The van der Waals surface area contributed by atoms with Gasteiger partial charge in [0, 0.05) is 0 Å². The van der Waals surface area contributed by atoms with Crippen LogP contribution in [-0.2, 0) is 19.1 Å². The summed E-state index contributed by atoms with van der Waals surface area (Å²) in [6.45, 7) is 5.50. The Hall–Kier alpha value is -1.10. The minimum absolute atomic E-state index is 0.0341. The van der Waals surface area contributed by atoms with Gasteiger partial charge in [0.2, 0.25) is 0 Å². The van der Waals surface area contributed by atoms with Crippen molar-refractivity contribution in [3.8, 4) is 0 Å². The van der Waals surface area contributed by atoms with Gasteiger partial charge in [0.15, 0.2) is 0 Å². The van der Waals surface area contributed by atoms with Gasteiger partial charge < -0.3 is 9.47 Å². The van der Waals surface area contributed by atoms with Gasteiger partial charge in [-0.3, -0.25) is 14.9 Å². The number of nitrogens with one attached hydrogen (secondary N) is 1. The number of ether oxygens (including phenoxy) is 2. The van der Waals surface area contributed by atoms with Crippen molar-refractivity contribution < 1.29 is 19.1 Å². The zero-order valence-electron chi connectivity index (χ0n) is 12.4. The molecule has 0 atom stereocenters. The fourth-order valence-electron chi connectivity index (χ4n) is 2.42. The lowest BCUT2D eigenvalue weighted by molar-refractivity contribution is -0.156. The van der Waals surface area contributed by atoms with Crippen molar-refractivity contribution in [1.82, 2.24) is 5.32 Å². The normalized spacial score (nSPS) is 18.7. The standard InChI is InChI=1S/C14H25NO4/c1-13(2,3)19-11(16)10-15-14(12(17)18-4)8-6-5-7-9-14/h15H,5-10H2,1-4H3. The Kier molecular flexibility index (Phi) is 5.35. The van der Waals surface area contributed by atoms with E-state index < -0.39 is 11.1 Å². The van der Waals surface area contributed by atoms with Gasteiger partial charge in [-0.05, 0) is 33.6 Å². The van der Waals surface area contributed by atoms with E-state index in [9.17, 15) is 9.59 Å². The third-order valence-electron chi connectivity index (χ3n) is 3.27. The molecule has 0 heterocycles. The topological polar surface area (TPSA) is 64.6 Å². The second-order valence-corrected chi connectivity index (χ2v) is 6.07. The SMILES string of the molecule is COC(=O)C1(NCC(=O)OC(C)(C)C)CCCCC1. The summed E-state index contributed by atoms with van der Waals surface area (Å²) in [4.78, 5) is 23.7. The highest BCUT2D eigenvalue weighted by Crippen LogP contribution is 2.29. The maximum absolute atomic E-state index is 11.9. The molecule has 5 nitrogen and oxygen atoms in total. The molecule has 1 aliphatic carbocycles. The summed E-state index contributed by atoms with van der Waals surface area (Å²) in [6, 6.07) is 0. The lowest BCUT2D eigenvalue weighted by Crippen LogP contribution is -2.55. The van der Waals surface area contributed by atoms with Crippen LogP contribution in [0.3, 0.4) is 0 Å². The average molecular weight is 271 g/mol. The first-order chi connectivity index (χ1) is 8.79. The summed E-state index contributed by atoms with van der Waals surface area (Å²) in [5, 5.41) is 3.06. The predicted molar refractivity (Wildman–Crippen MR) is 71.7 cm³/mol. The van der Waals surface area contributed by atoms with Crippen LogP contribution in [0.5, 0.6) is 0 Å². The van der Waals surface area contributed by atoms with Crippen LogP contribution in [0.25, 0.3) is 0 Å². The molecule has 0 bridgehead atoms. The van der Waals surface area contributed by atoms with Crippen molar-refractivity contribution in [3.63, 3.8) is 0 Å². The minimum atomic E-state index is -0.718. The largest absolute Gasteiger partial charge is 0.468 e. The molecule has 0 amide bonds. The molecule has 1 aliphatic rings. The Labute approximate surface area is 115 Å². The van der Waals surface area contributed by atoms with Crippen molar-refractivity contribution >= 4 is 11.9 Å². The molecule has 0 aliphatic heterocycles. The molecular formula is C14H25NO4. The van der Waals surface area contributed by atoms with Gasteiger partial charge in [-0.1, -0.05) is 19.3 Å². The fourth-order valence-corrected chi connectivity index (χ4v) is 2.42. The first-order valence-electron chi connectivity index (χ1n) is 6.84. The predicted octanol–water partition coefficient (Wildman–Crippen LogP) is 1.79. The Balaban J connectivity index is 2.59. The molecule has 1 N–H and O–H groups in total. The molecule has 19 heavy (non-hydrogen) atoms. The number of hydrogen-bond donors (Lipinski definition) is 1. The van der Waals surface area contributed by atoms with E-state index in [2.05, 4.69) is 5.32 Å². The van der Waals surface area contributed by atoms with Crippen LogP contribution in [-0.4, -0.2) is 36.7 Å². The van der Waals surface area contributed by atoms with Crippen LogP contribution in [0.4, 0.5) is 0 Å². The van der Waals surface area contributed by atoms with Crippen molar-refractivity contribution in [1.29, 1.82) is 0 Å². The maximum atomic E-state index is 11.9. The zero-order valence-corrected chi connectivity index (χ0v) is 12.4. The van der Waals surface area contributed by atoms with Crippen LogP contribution in [0.15, 0.2) is 0 Å². The Morgan fingerprint density at radius 3 is 2.21 bits per heavy atom. The van der Waals surface area contributed by atoms with Crippen LogP contribution in [0, 0.1) is 0 Å². The van der Waals surface area contributed by atoms with E-state index >= 15 is 0 Å². The molecule has 5 heteroatoms. The molecule has 1 saturated carbocycles. The van der Waals surface area contributed by atoms with Crippen LogP contribution in [0.1, 0.15) is 52.9 Å². The van der Waals surface area contributed by atoms with Crippen LogP contribution < -0.4 is 5.32 Å². The van der Waals surface area contributed by atoms with Crippen molar-refractivity contribution in [2.45, 2.75) is 64.0 Å². The molecule has 0 spiro atoms. The van der Waals surface area contributed by atoms with Gasteiger partial charge in [-0.25, -0.2) is 0 Å². The van der Waals surface area contributed by atoms with Gasteiger partial charge in [-0.15, -0.1) is 0 Å². The maximum Gasteiger partial charge on any atom is 0.326 e. The summed E-state index contributed by atoms with van der Waals surface area (Å²) in [5.41, 5.74) is -1.23. The summed E-state index contributed by atoms with van der Waals surface area (Å²) >= 11 is 0. The van der Waals surface area contributed by atoms with Crippen molar-refractivity contribution in [2.75, 3.05) is 13.7 Å². The molecule has 0 aromatic rings. The summed E-state index contributed by atoms with van der Waals surface area (Å²) in [7, 11) is 1.38. The summed E-state index contributed by atoms with van der Waals surface area (Å²) < 4.78 is 10.1. The molecule has 0 unspecified atom stereocenters. The summed E-state index contributed by atoms with van der Waals surface area (Å²) in [6.07, 6.45) is 4.48.